The van der Waals surface area contributed by atoms with Gasteiger partial charge in [0.2, 0.25) is 10.0 Å². The zero-order valence-corrected chi connectivity index (χ0v) is 15.6. The van der Waals surface area contributed by atoms with Crippen LogP contribution in [0.4, 0.5) is 0 Å². The van der Waals surface area contributed by atoms with E-state index in [9.17, 15) is 8.42 Å². The second kappa shape index (κ2) is 8.04. The molecular formula is C13H20Cl2N2O2S2. The van der Waals surface area contributed by atoms with Crippen LogP contribution < -0.4 is 5.32 Å². The first-order chi connectivity index (χ1) is 9.75. The molecule has 120 valence electrons. The highest BCUT2D eigenvalue weighted by Crippen LogP contribution is 2.31. The first-order valence-corrected chi connectivity index (χ1v) is 9.94. The van der Waals surface area contributed by atoms with Crippen molar-refractivity contribution < 1.29 is 8.42 Å². The fourth-order valence-electron chi connectivity index (χ4n) is 1.86. The molecule has 0 amide bonds. The molecule has 0 radical (unpaired) electrons. The van der Waals surface area contributed by atoms with E-state index in [4.69, 9.17) is 23.2 Å². The number of nitrogens with zero attached hydrogens (tertiary/aromatic N) is 1. The predicted octanol–water partition coefficient (Wildman–Crippen LogP) is 3.08. The molecular weight excluding hydrogens is 351 g/mol. The Balaban J connectivity index is 3.31. The summed E-state index contributed by atoms with van der Waals surface area (Å²) in [6.07, 6.45) is 1.94. The van der Waals surface area contributed by atoms with Crippen LogP contribution in [0.2, 0.25) is 10.0 Å². The molecule has 0 aliphatic rings. The Morgan fingerprint density at radius 3 is 2.52 bits per heavy atom. The molecule has 1 aromatic carbocycles. The highest BCUT2D eigenvalue weighted by atomic mass is 35.5. The van der Waals surface area contributed by atoms with E-state index in [0.29, 0.717) is 22.9 Å². The summed E-state index contributed by atoms with van der Waals surface area (Å²) >= 11 is 13.9. The maximum Gasteiger partial charge on any atom is 0.244 e. The summed E-state index contributed by atoms with van der Waals surface area (Å²) in [6, 6.07) is 2.94. The van der Waals surface area contributed by atoms with Crippen molar-refractivity contribution in [3.63, 3.8) is 0 Å². The fraction of sp³-hybridized carbons (Fsp3) is 0.538. The van der Waals surface area contributed by atoms with E-state index in [-0.39, 0.29) is 16.0 Å². The Bertz CT molecular complexity index is 594. The lowest BCUT2D eigenvalue weighted by Gasteiger charge is -2.24. The minimum absolute atomic E-state index is 0.0531. The SMILES string of the molecule is CNCc1cc(Cl)cc(S(=O)(=O)N(C)C(C)CSC)c1Cl. The summed E-state index contributed by atoms with van der Waals surface area (Å²) in [4.78, 5) is 0.0531. The van der Waals surface area contributed by atoms with Gasteiger partial charge in [0.05, 0.1) is 5.02 Å². The Hall–Kier alpha value is 0.0200. The maximum absolute atomic E-state index is 12.7. The van der Waals surface area contributed by atoms with Crippen LogP contribution in [0.3, 0.4) is 0 Å². The van der Waals surface area contributed by atoms with Crippen LogP contribution in [0, 0.1) is 0 Å². The monoisotopic (exact) mass is 370 g/mol. The van der Waals surface area contributed by atoms with Gasteiger partial charge in [0.1, 0.15) is 4.90 Å². The number of halogens is 2. The van der Waals surface area contributed by atoms with Crippen LogP contribution >= 0.6 is 35.0 Å². The van der Waals surface area contributed by atoms with Crippen molar-refractivity contribution in [2.75, 3.05) is 26.1 Å². The molecule has 21 heavy (non-hydrogen) atoms. The van der Waals surface area contributed by atoms with Crippen molar-refractivity contribution >= 4 is 45.0 Å². The van der Waals surface area contributed by atoms with Gasteiger partial charge in [-0.15, -0.1) is 0 Å². The number of nitrogens with one attached hydrogen (secondary N) is 1. The molecule has 1 aromatic rings. The molecule has 0 bridgehead atoms. The van der Waals surface area contributed by atoms with E-state index in [1.165, 1.54) is 10.4 Å². The molecule has 0 saturated carbocycles. The first kappa shape index (κ1) is 19.1. The standard InChI is InChI=1S/C13H20Cl2N2O2S2/c1-9(8-20-4)17(3)21(18,19)12-6-11(14)5-10(7-16-2)13(12)15/h5-6,9,16H,7-8H2,1-4H3. The summed E-state index contributed by atoms with van der Waals surface area (Å²) in [5, 5.41) is 3.52. The molecule has 0 fully saturated rings. The average Bonchev–Trinajstić information content (AvgIpc) is 2.41. The summed E-state index contributed by atoms with van der Waals surface area (Å²) in [5.74, 6) is 0.706. The van der Waals surface area contributed by atoms with Gasteiger partial charge in [0.25, 0.3) is 0 Å². The van der Waals surface area contributed by atoms with E-state index in [1.807, 2.05) is 13.2 Å². The fourth-order valence-corrected chi connectivity index (χ4v) is 4.93. The Labute approximate surface area is 141 Å². The highest BCUT2D eigenvalue weighted by Gasteiger charge is 2.28. The van der Waals surface area contributed by atoms with Crippen molar-refractivity contribution in [1.82, 2.24) is 9.62 Å². The summed E-state index contributed by atoms with van der Waals surface area (Å²) < 4.78 is 26.8. The molecule has 0 aliphatic carbocycles. The van der Waals surface area contributed by atoms with Crippen molar-refractivity contribution in [3.05, 3.63) is 27.7 Å². The van der Waals surface area contributed by atoms with Gasteiger partial charge in [0.15, 0.2) is 0 Å². The number of sulfonamides is 1. The second-order valence-electron chi connectivity index (χ2n) is 4.73. The van der Waals surface area contributed by atoms with E-state index >= 15 is 0 Å². The summed E-state index contributed by atoms with van der Waals surface area (Å²) in [7, 11) is -0.356. The van der Waals surface area contributed by atoms with Gasteiger partial charge in [-0.3, -0.25) is 0 Å². The van der Waals surface area contributed by atoms with E-state index in [0.717, 1.165) is 0 Å². The third-order valence-corrected chi connectivity index (χ3v) is 6.72. The Morgan fingerprint density at radius 1 is 1.38 bits per heavy atom. The van der Waals surface area contributed by atoms with Crippen LogP contribution in [-0.2, 0) is 16.6 Å². The van der Waals surface area contributed by atoms with E-state index in [2.05, 4.69) is 5.32 Å². The van der Waals surface area contributed by atoms with E-state index < -0.39 is 10.0 Å². The van der Waals surface area contributed by atoms with E-state index in [1.54, 1.807) is 31.9 Å². The third-order valence-electron chi connectivity index (χ3n) is 3.13. The summed E-state index contributed by atoms with van der Waals surface area (Å²) in [6.45, 7) is 2.31. The number of hydrogen-bond acceptors (Lipinski definition) is 4. The third kappa shape index (κ3) is 4.50. The number of thioether (sulfide) groups is 1. The predicted molar refractivity (Wildman–Crippen MR) is 92.0 cm³/mol. The van der Waals surface area contributed by atoms with Gasteiger partial charge < -0.3 is 5.32 Å². The normalized spacial score (nSPS) is 13.7. The van der Waals surface area contributed by atoms with Gasteiger partial charge in [0, 0.05) is 30.4 Å². The molecule has 1 atom stereocenters. The molecule has 1 rings (SSSR count). The number of rotatable bonds is 7. The van der Waals surface area contributed by atoms with Crippen LogP contribution in [0.15, 0.2) is 17.0 Å². The van der Waals surface area contributed by atoms with Gasteiger partial charge in [-0.05, 0) is 37.9 Å². The Kier molecular flexibility index (Phi) is 7.30. The molecule has 0 heterocycles. The van der Waals surface area contributed by atoms with Crippen molar-refractivity contribution in [1.29, 1.82) is 0 Å². The molecule has 1 unspecified atom stereocenters. The smallest absolute Gasteiger partial charge is 0.244 e. The minimum atomic E-state index is -3.68. The lowest BCUT2D eigenvalue weighted by molar-refractivity contribution is 0.415. The minimum Gasteiger partial charge on any atom is -0.316 e. The van der Waals surface area contributed by atoms with Crippen LogP contribution in [-0.4, -0.2) is 44.9 Å². The Morgan fingerprint density at radius 2 is 2.00 bits per heavy atom. The van der Waals surface area contributed by atoms with Gasteiger partial charge in [-0.2, -0.15) is 16.1 Å². The van der Waals surface area contributed by atoms with Crippen molar-refractivity contribution in [3.8, 4) is 0 Å². The highest BCUT2D eigenvalue weighted by molar-refractivity contribution is 7.98. The summed E-state index contributed by atoms with van der Waals surface area (Å²) in [5.41, 5.74) is 0.663. The van der Waals surface area contributed by atoms with Gasteiger partial charge in [-0.25, -0.2) is 8.42 Å². The van der Waals surface area contributed by atoms with Crippen LogP contribution in [0.1, 0.15) is 12.5 Å². The molecule has 8 heteroatoms. The topological polar surface area (TPSA) is 49.4 Å². The van der Waals surface area contributed by atoms with Crippen LogP contribution in [0.25, 0.3) is 0 Å². The first-order valence-electron chi connectivity index (χ1n) is 6.35. The van der Waals surface area contributed by atoms with Gasteiger partial charge >= 0.3 is 0 Å². The van der Waals surface area contributed by atoms with Gasteiger partial charge in [-0.1, -0.05) is 23.2 Å². The maximum atomic E-state index is 12.7. The molecule has 0 spiro atoms. The average molecular weight is 371 g/mol. The molecule has 1 N–H and O–H groups in total. The molecule has 0 aliphatic heterocycles. The van der Waals surface area contributed by atoms with Crippen molar-refractivity contribution in [2.24, 2.45) is 0 Å². The second-order valence-corrected chi connectivity index (χ2v) is 8.42. The number of hydrogen-bond donors (Lipinski definition) is 1. The molecule has 0 aromatic heterocycles. The molecule has 0 saturated heterocycles. The lowest BCUT2D eigenvalue weighted by Crippen LogP contribution is -2.36. The zero-order valence-electron chi connectivity index (χ0n) is 12.5. The molecule has 4 nitrogen and oxygen atoms in total. The largest absolute Gasteiger partial charge is 0.316 e. The number of benzene rings is 1. The van der Waals surface area contributed by atoms with Crippen molar-refractivity contribution in [2.45, 2.75) is 24.4 Å². The quantitative estimate of drug-likeness (QED) is 0.800. The lowest BCUT2D eigenvalue weighted by atomic mass is 10.2. The van der Waals surface area contributed by atoms with Crippen LogP contribution in [0.5, 0.6) is 0 Å². The zero-order chi connectivity index (χ0) is 16.2.